The van der Waals surface area contributed by atoms with E-state index in [0.29, 0.717) is 25.7 Å². The Morgan fingerprint density at radius 3 is 1.25 bits per heavy atom. The standard InChI is InChI=1S/C40H79NO6S/c1-3-5-7-9-11-13-15-17-18-19-20-21-23-25-27-29-31-33-35-39(43)40(44)41-37(36-48(45,46)47)38(42)34-32-30-28-26-24-22-16-14-12-10-8-6-4-2/h19-20,37-39,42-43H,3-18,21-36H2,1-2H3,(H,41,44)(H,45,46,47)/b20-19-. The van der Waals surface area contributed by atoms with Crippen LogP contribution in [0.25, 0.3) is 0 Å². The fourth-order valence-electron chi connectivity index (χ4n) is 6.40. The van der Waals surface area contributed by atoms with Gasteiger partial charge in [0.1, 0.15) is 6.10 Å². The van der Waals surface area contributed by atoms with E-state index >= 15 is 0 Å². The predicted molar refractivity (Wildman–Crippen MR) is 204 cm³/mol. The van der Waals surface area contributed by atoms with Gasteiger partial charge in [-0.05, 0) is 38.5 Å². The van der Waals surface area contributed by atoms with Crippen molar-refractivity contribution in [1.82, 2.24) is 5.32 Å². The Morgan fingerprint density at radius 2 is 0.875 bits per heavy atom. The van der Waals surface area contributed by atoms with Gasteiger partial charge in [0.05, 0.1) is 17.9 Å². The second-order valence-electron chi connectivity index (χ2n) is 14.4. The molecule has 0 aliphatic carbocycles. The van der Waals surface area contributed by atoms with E-state index in [2.05, 4.69) is 31.3 Å². The van der Waals surface area contributed by atoms with E-state index in [0.717, 1.165) is 44.9 Å². The van der Waals surface area contributed by atoms with Gasteiger partial charge >= 0.3 is 0 Å². The second kappa shape index (κ2) is 34.5. The Kier molecular flexibility index (Phi) is 33.8. The third-order valence-corrected chi connectivity index (χ3v) is 10.4. The zero-order valence-electron chi connectivity index (χ0n) is 31.5. The molecule has 0 rings (SSSR count). The molecule has 0 bridgehead atoms. The van der Waals surface area contributed by atoms with Crippen LogP contribution in [-0.4, -0.2) is 53.1 Å². The van der Waals surface area contributed by atoms with Crippen molar-refractivity contribution in [1.29, 1.82) is 0 Å². The maximum absolute atomic E-state index is 12.6. The van der Waals surface area contributed by atoms with Crippen LogP contribution in [0.1, 0.15) is 213 Å². The van der Waals surface area contributed by atoms with Gasteiger partial charge < -0.3 is 15.5 Å². The van der Waals surface area contributed by atoms with Gasteiger partial charge in [-0.2, -0.15) is 8.42 Å². The number of unbranched alkanes of at least 4 members (excludes halogenated alkanes) is 26. The first-order valence-electron chi connectivity index (χ1n) is 20.5. The third kappa shape index (κ3) is 33.5. The van der Waals surface area contributed by atoms with Crippen molar-refractivity contribution in [3.05, 3.63) is 12.2 Å². The lowest BCUT2D eigenvalue weighted by Crippen LogP contribution is -2.50. The fraction of sp³-hybridized carbons (Fsp3) is 0.925. The Bertz CT molecular complexity index is 834. The quantitative estimate of drug-likeness (QED) is 0.0290. The summed E-state index contributed by atoms with van der Waals surface area (Å²) in [5, 5.41) is 23.5. The summed E-state index contributed by atoms with van der Waals surface area (Å²) in [6.07, 6.45) is 38.0. The number of hydrogen-bond acceptors (Lipinski definition) is 5. The summed E-state index contributed by atoms with van der Waals surface area (Å²) in [5.41, 5.74) is 0. The first-order chi connectivity index (χ1) is 23.2. The number of aliphatic hydroxyl groups excluding tert-OH is 2. The summed E-state index contributed by atoms with van der Waals surface area (Å²) in [5.74, 6) is -1.45. The fourth-order valence-corrected chi connectivity index (χ4v) is 7.16. The SMILES string of the molecule is CCCCCCCCCC/C=C\CCCCCCCCC(O)C(=O)NC(CS(=O)(=O)O)C(O)CCCCCCCCCCCCCCC. The van der Waals surface area contributed by atoms with Crippen LogP contribution in [0.15, 0.2) is 12.2 Å². The monoisotopic (exact) mass is 702 g/mol. The van der Waals surface area contributed by atoms with Gasteiger partial charge in [-0.15, -0.1) is 0 Å². The van der Waals surface area contributed by atoms with E-state index in [1.807, 2.05) is 0 Å². The highest BCUT2D eigenvalue weighted by molar-refractivity contribution is 7.85. The molecule has 0 aliphatic heterocycles. The Labute approximate surface area is 297 Å². The summed E-state index contributed by atoms with van der Waals surface area (Å²) in [7, 11) is -4.40. The Morgan fingerprint density at radius 1 is 0.542 bits per heavy atom. The van der Waals surface area contributed by atoms with Gasteiger partial charge in [0.15, 0.2) is 0 Å². The minimum atomic E-state index is -4.40. The molecule has 0 saturated heterocycles. The molecule has 48 heavy (non-hydrogen) atoms. The smallest absolute Gasteiger partial charge is 0.266 e. The van der Waals surface area contributed by atoms with Gasteiger partial charge in [-0.3, -0.25) is 9.35 Å². The molecule has 3 unspecified atom stereocenters. The van der Waals surface area contributed by atoms with Gasteiger partial charge in [-0.1, -0.05) is 187 Å². The van der Waals surface area contributed by atoms with Gasteiger partial charge in [0.2, 0.25) is 5.91 Å². The van der Waals surface area contributed by atoms with Crippen molar-refractivity contribution in [2.45, 2.75) is 231 Å². The van der Waals surface area contributed by atoms with Crippen LogP contribution >= 0.6 is 0 Å². The Hall–Kier alpha value is -0.960. The summed E-state index contributed by atoms with van der Waals surface area (Å²) in [6.45, 7) is 4.50. The molecule has 1 amide bonds. The number of nitrogens with one attached hydrogen (secondary N) is 1. The van der Waals surface area contributed by atoms with Gasteiger partial charge in [-0.25, -0.2) is 0 Å². The molecule has 8 heteroatoms. The maximum atomic E-state index is 12.6. The Balaban J connectivity index is 3.97. The molecule has 0 fully saturated rings. The van der Waals surface area contributed by atoms with E-state index in [1.165, 1.54) is 128 Å². The van der Waals surface area contributed by atoms with E-state index in [9.17, 15) is 28.0 Å². The number of hydrogen-bond donors (Lipinski definition) is 4. The van der Waals surface area contributed by atoms with Crippen LogP contribution in [0.3, 0.4) is 0 Å². The second-order valence-corrected chi connectivity index (χ2v) is 15.9. The van der Waals surface area contributed by atoms with Crippen LogP contribution in [0, 0.1) is 0 Å². The van der Waals surface area contributed by atoms with E-state index in [4.69, 9.17) is 0 Å². The molecular formula is C40H79NO6S. The van der Waals surface area contributed by atoms with Crippen molar-refractivity contribution in [2.75, 3.05) is 5.75 Å². The minimum absolute atomic E-state index is 0.293. The summed E-state index contributed by atoms with van der Waals surface area (Å²) in [4.78, 5) is 12.6. The van der Waals surface area contributed by atoms with Crippen LogP contribution in [0.4, 0.5) is 0 Å². The summed E-state index contributed by atoms with van der Waals surface area (Å²) < 4.78 is 32.5. The first-order valence-corrected chi connectivity index (χ1v) is 22.1. The number of carbonyl (C=O) groups excluding carboxylic acids is 1. The molecule has 0 aromatic carbocycles. The zero-order chi connectivity index (χ0) is 35.6. The highest BCUT2D eigenvalue weighted by Crippen LogP contribution is 2.16. The molecule has 0 saturated carbocycles. The topological polar surface area (TPSA) is 124 Å². The molecule has 0 radical (unpaired) electrons. The lowest BCUT2D eigenvalue weighted by Gasteiger charge is -2.24. The minimum Gasteiger partial charge on any atom is -0.391 e. The number of amides is 1. The van der Waals surface area contributed by atoms with Gasteiger partial charge in [0.25, 0.3) is 10.1 Å². The molecular weight excluding hydrogens is 623 g/mol. The highest BCUT2D eigenvalue weighted by atomic mass is 32.2. The predicted octanol–water partition coefficient (Wildman–Crippen LogP) is 10.8. The first kappa shape index (κ1) is 47.0. The normalized spacial score (nSPS) is 14.0. The van der Waals surface area contributed by atoms with E-state index in [-0.39, 0.29) is 0 Å². The van der Waals surface area contributed by atoms with Crippen LogP contribution in [0.2, 0.25) is 0 Å². The molecule has 0 aliphatic rings. The average Bonchev–Trinajstić information content (AvgIpc) is 3.05. The average molecular weight is 702 g/mol. The third-order valence-electron chi connectivity index (χ3n) is 9.58. The molecule has 0 heterocycles. The van der Waals surface area contributed by atoms with E-state index < -0.39 is 40.0 Å². The van der Waals surface area contributed by atoms with Crippen molar-refractivity contribution in [3.8, 4) is 0 Å². The van der Waals surface area contributed by atoms with Crippen LogP contribution in [-0.2, 0) is 14.9 Å². The largest absolute Gasteiger partial charge is 0.391 e. The summed E-state index contributed by atoms with van der Waals surface area (Å²) >= 11 is 0. The lowest BCUT2D eigenvalue weighted by molar-refractivity contribution is -0.131. The number of rotatable bonds is 37. The lowest BCUT2D eigenvalue weighted by atomic mass is 10.0. The van der Waals surface area contributed by atoms with Crippen LogP contribution in [0.5, 0.6) is 0 Å². The zero-order valence-corrected chi connectivity index (χ0v) is 32.3. The van der Waals surface area contributed by atoms with Crippen molar-refractivity contribution in [3.63, 3.8) is 0 Å². The molecule has 0 spiro atoms. The molecule has 7 nitrogen and oxygen atoms in total. The van der Waals surface area contributed by atoms with Crippen LogP contribution < -0.4 is 5.32 Å². The maximum Gasteiger partial charge on any atom is 0.266 e. The molecule has 0 aromatic heterocycles. The summed E-state index contributed by atoms with van der Waals surface area (Å²) in [6, 6.07) is -1.14. The highest BCUT2D eigenvalue weighted by Gasteiger charge is 2.28. The molecule has 4 N–H and O–H groups in total. The van der Waals surface area contributed by atoms with Crippen molar-refractivity contribution in [2.24, 2.45) is 0 Å². The molecule has 3 atom stereocenters. The number of aliphatic hydroxyl groups is 2. The van der Waals surface area contributed by atoms with E-state index in [1.54, 1.807) is 0 Å². The molecule has 286 valence electrons. The number of carbonyl (C=O) groups is 1. The van der Waals surface area contributed by atoms with Crippen molar-refractivity contribution >= 4 is 16.0 Å². The molecule has 0 aromatic rings. The van der Waals surface area contributed by atoms with Gasteiger partial charge in [0, 0.05) is 0 Å². The van der Waals surface area contributed by atoms with Crippen molar-refractivity contribution < 1.29 is 28.0 Å². The number of allylic oxidation sites excluding steroid dienone is 2.